The lowest BCUT2D eigenvalue weighted by atomic mass is 9.89. The van der Waals surface area contributed by atoms with Crippen molar-refractivity contribution in [2.45, 2.75) is 70.3 Å². The van der Waals surface area contributed by atoms with E-state index in [1.165, 1.54) is 30.6 Å². The number of carbonyl (C=O) groups is 2. The largest absolute Gasteiger partial charge is 0.392 e. The van der Waals surface area contributed by atoms with Crippen LogP contribution < -0.4 is 0 Å². The van der Waals surface area contributed by atoms with Crippen molar-refractivity contribution < 1.29 is 24.2 Å². The molecule has 2 heterocycles. The molecule has 49 heavy (non-hydrogen) atoms. The van der Waals surface area contributed by atoms with Crippen LogP contribution in [-0.2, 0) is 22.6 Å². The number of aliphatic hydroxyl groups excluding tert-OH is 1. The number of hydrogen-bond acceptors (Lipinski definition) is 6. The highest BCUT2D eigenvalue weighted by Crippen LogP contribution is 2.43. The fraction of sp³-hybridized carbons (Fsp3) is 0.333. The molecule has 3 aliphatic rings. The number of ether oxygens (including phenoxy) is 2. The van der Waals surface area contributed by atoms with Gasteiger partial charge >= 0.3 is 0 Å². The molecule has 2 amide bonds. The standard InChI is InChI=1S/C42H44N2O5/c1-3-24-43(34-11-5-6-12-34)26-38-28(2)39(31-18-16-29(27-45)17-19-31)49-42(48-38)32-22-20-30(21-23-32)35-13-7-4-10-33(35)25-44-40(46)36-14-8-9-15-37(36)41(44)47/h3-4,7-10,13-23,28,34,38-39,42,45H,1,5-6,11-12,24-27H2,2H3/t28-,38+,39+,42+/m1/s1. The number of rotatable bonds is 11. The van der Waals surface area contributed by atoms with Crippen molar-refractivity contribution in [1.82, 2.24) is 9.80 Å². The molecule has 2 fully saturated rings. The molecular weight excluding hydrogens is 612 g/mol. The lowest BCUT2D eigenvalue weighted by Gasteiger charge is -2.43. The zero-order valence-electron chi connectivity index (χ0n) is 28.0. The quantitative estimate of drug-likeness (QED) is 0.131. The number of nitrogens with zero attached hydrogens (tertiary/aromatic N) is 2. The molecule has 7 heteroatoms. The minimum Gasteiger partial charge on any atom is -0.392 e. The van der Waals surface area contributed by atoms with Crippen LogP contribution in [0.4, 0.5) is 0 Å². The average Bonchev–Trinajstić information content (AvgIpc) is 3.77. The molecule has 7 rings (SSSR count). The fourth-order valence-electron chi connectivity index (χ4n) is 7.68. The third kappa shape index (κ3) is 6.77. The molecule has 1 saturated carbocycles. The SMILES string of the molecule is C=CCN(C[C@@H]1O[C@H](c2ccc(-c3ccccc3CN3C(=O)c4ccccc4C3=O)cc2)O[C@H](c2ccc(CO)cc2)[C@@H]1C)C1CCCC1. The molecule has 4 aromatic rings. The molecule has 4 aromatic carbocycles. The third-order valence-corrected chi connectivity index (χ3v) is 10.5. The monoisotopic (exact) mass is 656 g/mol. The summed E-state index contributed by atoms with van der Waals surface area (Å²) < 4.78 is 13.6. The maximum absolute atomic E-state index is 13.1. The van der Waals surface area contributed by atoms with E-state index < -0.39 is 6.29 Å². The van der Waals surface area contributed by atoms with Gasteiger partial charge in [-0.05, 0) is 52.8 Å². The summed E-state index contributed by atoms with van der Waals surface area (Å²) in [4.78, 5) is 30.1. The normalized spacial score (nSPS) is 22.6. The Morgan fingerprint density at radius 1 is 0.816 bits per heavy atom. The Morgan fingerprint density at radius 3 is 2.06 bits per heavy atom. The molecule has 1 N–H and O–H groups in total. The van der Waals surface area contributed by atoms with Gasteiger partial charge in [-0.1, -0.05) is 111 Å². The van der Waals surface area contributed by atoms with E-state index in [-0.39, 0.29) is 43.1 Å². The Bertz CT molecular complexity index is 1760. The Morgan fingerprint density at radius 2 is 1.43 bits per heavy atom. The van der Waals surface area contributed by atoms with Gasteiger partial charge in [-0.2, -0.15) is 0 Å². The maximum atomic E-state index is 13.1. The van der Waals surface area contributed by atoms with Crippen LogP contribution in [0, 0.1) is 5.92 Å². The van der Waals surface area contributed by atoms with E-state index in [1.807, 2.05) is 42.5 Å². The van der Waals surface area contributed by atoms with Gasteiger partial charge in [-0.15, -0.1) is 6.58 Å². The van der Waals surface area contributed by atoms with Crippen LogP contribution in [0.15, 0.2) is 110 Å². The van der Waals surface area contributed by atoms with E-state index in [2.05, 4.69) is 54.8 Å². The van der Waals surface area contributed by atoms with Crippen LogP contribution in [0.5, 0.6) is 0 Å². The predicted molar refractivity (Wildman–Crippen MR) is 190 cm³/mol. The number of hydrogen-bond donors (Lipinski definition) is 1. The molecule has 252 valence electrons. The number of carbonyl (C=O) groups excluding carboxylic acids is 2. The highest BCUT2D eigenvalue weighted by molar-refractivity contribution is 6.21. The van der Waals surface area contributed by atoms with E-state index in [4.69, 9.17) is 9.47 Å². The number of amides is 2. The van der Waals surface area contributed by atoms with Gasteiger partial charge in [0.2, 0.25) is 0 Å². The third-order valence-electron chi connectivity index (χ3n) is 10.5. The first-order valence-electron chi connectivity index (χ1n) is 17.4. The average molecular weight is 657 g/mol. The molecule has 4 atom stereocenters. The van der Waals surface area contributed by atoms with E-state index in [0.717, 1.165) is 46.5 Å². The predicted octanol–water partition coefficient (Wildman–Crippen LogP) is 7.86. The van der Waals surface area contributed by atoms with Crippen molar-refractivity contribution >= 4 is 11.8 Å². The summed E-state index contributed by atoms with van der Waals surface area (Å²) >= 11 is 0. The van der Waals surface area contributed by atoms with Gasteiger partial charge in [0, 0.05) is 30.6 Å². The Labute approximate surface area is 288 Å². The lowest BCUT2D eigenvalue weighted by Crippen LogP contribution is -2.47. The second kappa shape index (κ2) is 14.6. The molecule has 0 aromatic heterocycles. The smallest absolute Gasteiger partial charge is 0.261 e. The topological polar surface area (TPSA) is 79.3 Å². The summed E-state index contributed by atoms with van der Waals surface area (Å²) in [5.74, 6) is -0.430. The Hall–Kier alpha value is -4.40. The highest BCUT2D eigenvalue weighted by atomic mass is 16.7. The van der Waals surface area contributed by atoms with Crippen LogP contribution in [0.1, 0.15) is 88.0 Å². The maximum Gasteiger partial charge on any atom is 0.261 e. The number of imide groups is 1. The molecule has 0 spiro atoms. The summed E-state index contributed by atoms with van der Waals surface area (Å²) in [7, 11) is 0. The van der Waals surface area contributed by atoms with Crippen molar-refractivity contribution in [2.24, 2.45) is 5.92 Å². The fourth-order valence-corrected chi connectivity index (χ4v) is 7.68. The van der Waals surface area contributed by atoms with Gasteiger partial charge in [0.25, 0.3) is 11.8 Å². The molecule has 0 radical (unpaired) electrons. The summed E-state index contributed by atoms with van der Waals surface area (Å²) in [6.45, 7) is 8.07. The summed E-state index contributed by atoms with van der Waals surface area (Å²) in [5, 5.41) is 9.63. The first kappa shape index (κ1) is 33.1. The van der Waals surface area contributed by atoms with E-state index in [1.54, 1.807) is 24.3 Å². The first-order chi connectivity index (χ1) is 23.9. The van der Waals surface area contributed by atoms with E-state index >= 15 is 0 Å². The molecular formula is C42H44N2O5. The summed E-state index contributed by atoms with van der Waals surface area (Å²) in [5.41, 5.74) is 6.59. The molecule has 2 aliphatic heterocycles. The molecule has 7 nitrogen and oxygen atoms in total. The zero-order chi connectivity index (χ0) is 33.9. The van der Waals surface area contributed by atoms with Crippen LogP contribution in [0.2, 0.25) is 0 Å². The second-order valence-electron chi connectivity index (χ2n) is 13.5. The summed E-state index contributed by atoms with van der Waals surface area (Å²) in [6.07, 6.45) is 6.11. The van der Waals surface area contributed by atoms with E-state index in [0.29, 0.717) is 17.2 Å². The minimum atomic E-state index is -0.569. The van der Waals surface area contributed by atoms with Gasteiger partial charge < -0.3 is 14.6 Å². The molecule has 1 saturated heterocycles. The Balaban J connectivity index is 1.14. The minimum absolute atomic E-state index is 0.00138. The number of fused-ring (bicyclic) bond motifs is 1. The van der Waals surface area contributed by atoms with Crippen LogP contribution in [0.25, 0.3) is 11.1 Å². The zero-order valence-corrected chi connectivity index (χ0v) is 28.0. The second-order valence-corrected chi connectivity index (χ2v) is 13.5. The van der Waals surface area contributed by atoms with Crippen LogP contribution in [0.3, 0.4) is 0 Å². The summed E-state index contributed by atoms with van der Waals surface area (Å²) in [6, 6.07) is 31.7. The van der Waals surface area contributed by atoms with Crippen molar-refractivity contribution in [3.63, 3.8) is 0 Å². The van der Waals surface area contributed by atoms with Gasteiger partial charge in [-0.3, -0.25) is 19.4 Å². The highest BCUT2D eigenvalue weighted by Gasteiger charge is 2.40. The lowest BCUT2D eigenvalue weighted by molar-refractivity contribution is -0.276. The van der Waals surface area contributed by atoms with Crippen molar-refractivity contribution in [1.29, 1.82) is 0 Å². The molecule has 0 unspecified atom stereocenters. The molecule has 1 aliphatic carbocycles. The van der Waals surface area contributed by atoms with E-state index in [9.17, 15) is 14.7 Å². The van der Waals surface area contributed by atoms with Gasteiger partial charge in [0.15, 0.2) is 6.29 Å². The first-order valence-corrected chi connectivity index (χ1v) is 17.4. The van der Waals surface area contributed by atoms with Crippen molar-refractivity contribution in [2.75, 3.05) is 13.1 Å². The van der Waals surface area contributed by atoms with Gasteiger partial charge in [-0.25, -0.2) is 0 Å². The molecule has 0 bridgehead atoms. The van der Waals surface area contributed by atoms with Gasteiger partial charge in [0.1, 0.15) is 0 Å². The number of aliphatic hydroxyl groups is 1. The van der Waals surface area contributed by atoms with Crippen molar-refractivity contribution in [3.05, 3.63) is 143 Å². The van der Waals surface area contributed by atoms with Crippen LogP contribution >= 0.6 is 0 Å². The van der Waals surface area contributed by atoms with Crippen LogP contribution in [-0.4, -0.2) is 52.0 Å². The Kier molecular flexibility index (Phi) is 9.87. The van der Waals surface area contributed by atoms with Crippen molar-refractivity contribution in [3.8, 4) is 11.1 Å². The number of benzene rings is 4. The van der Waals surface area contributed by atoms with Gasteiger partial charge in [0.05, 0.1) is 36.5 Å².